The first kappa shape index (κ1) is 8.82. The summed E-state index contributed by atoms with van der Waals surface area (Å²) < 4.78 is 4.32. The second kappa shape index (κ2) is 3.00. The lowest BCUT2D eigenvalue weighted by molar-refractivity contribution is -0.147. The number of hydrogen-bond acceptors (Lipinski definition) is 6. The molecule has 0 amide bonds. The SMILES string of the molecule is O=C1O[C@H]([C@@H]([18OH])C[18OH])C(O)=C1O. The topological polar surface area (TPSA) is 107 Å². The van der Waals surface area contributed by atoms with Crippen molar-refractivity contribution in [3.8, 4) is 0 Å². The minimum atomic E-state index is -1.42. The van der Waals surface area contributed by atoms with Gasteiger partial charge in [-0.1, -0.05) is 0 Å². The summed E-state index contributed by atoms with van der Waals surface area (Å²) >= 11 is 0. The van der Waals surface area contributed by atoms with Crippen molar-refractivity contribution in [3.63, 3.8) is 0 Å². The lowest BCUT2D eigenvalue weighted by Crippen LogP contribution is -2.31. The summed E-state index contributed by atoms with van der Waals surface area (Å²) in [7, 11) is 0. The van der Waals surface area contributed by atoms with Gasteiger partial charge in [-0.05, 0) is 0 Å². The second-order valence-electron chi connectivity index (χ2n) is 2.31. The minimum Gasteiger partial charge on any atom is -0.505 e. The van der Waals surface area contributed by atoms with Gasteiger partial charge >= 0.3 is 5.97 Å². The first-order valence-corrected chi connectivity index (χ1v) is 3.20. The van der Waals surface area contributed by atoms with E-state index in [0.29, 0.717) is 0 Å². The molecule has 12 heavy (non-hydrogen) atoms. The largest absolute Gasteiger partial charge is 0.505 e. The van der Waals surface area contributed by atoms with Gasteiger partial charge < -0.3 is 25.2 Å². The van der Waals surface area contributed by atoms with E-state index in [2.05, 4.69) is 4.74 Å². The van der Waals surface area contributed by atoms with Gasteiger partial charge in [-0.3, -0.25) is 0 Å². The van der Waals surface area contributed by atoms with E-state index in [4.69, 9.17) is 20.4 Å². The van der Waals surface area contributed by atoms with Crippen molar-refractivity contribution in [1.29, 1.82) is 0 Å². The van der Waals surface area contributed by atoms with E-state index in [0.717, 1.165) is 0 Å². The zero-order chi connectivity index (χ0) is 9.30. The number of rotatable bonds is 2. The van der Waals surface area contributed by atoms with E-state index in [1.165, 1.54) is 0 Å². The molecule has 4 N–H and O–H groups in total. The lowest BCUT2D eigenvalue weighted by Gasteiger charge is -2.13. The van der Waals surface area contributed by atoms with E-state index in [1.54, 1.807) is 0 Å². The molecule has 0 spiro atoms. The highest BCUT2D eigenvalue weighted by Crippen LogP contribution is 2.20. The number of esters is 1. The van der Waals surface area contributed by atoms with E-state index < -0.39 is 36.3 Å². The third-order valence-electron chi connectivity index (χ3n) is 1.48. The molecule has 0 aromatic rings. The average molecular weight is 180 g/mol. The van der Waals surface area contributed by atoms with Crippen LogP contribution < -0.4 is 0 Å². The van der Waals surface area contributed by atoms with Crippen LogP contribution in [0.2, 0.25) is 0 Å². The predicted octanol–water partition coefficient (Wildman–Crippen LogP) is -1.41. The summed E-state index contributed by atoms with van der Waals surface area (Å²) in [5.41, 5.74) is 0. The number of carbonyl (C=O) groups is 1. The number of cyclic esters (lactones) is 1. The van der Waals surface area contributed by atoms with Gasteiger partial charge in [0.1, 0.15) is 6.10 Å². The molecular weight excluding hydrogens is 172 g/mol. The molecule has 0 unspecified atom stereocenters. The molecule has 6 nitrogen and oxygen atoms in total. The summed E-state index contributed by atoms with van der Waals surface area (Å²) in [6.45, 7) is -0.671. The molecule has 0 aromatic heterocycles. The Hall–Kier alpha value is -1.27. The maximum absolute atomic E-state index is 10.5. The first-order valence-electron chi connectivity index (χ1n) is 3.20. The van der Waals surface area contributed by atoms with Crippen LogP contribution in [0.15, 0.2) is 11.5 Å². The van der Waals surface area contributed by atoms with Gasteiger partial charge in [-0.25, -0.2) is 4.79 Å². The molecule has 1 heterocycles. The molecule has 0 bridgehead atoms. The summed E-state index contributed by atoms with van der Waals surface area (Å²) in [6, 6.07) is 0. The van der Waals surface area contributed by atoms with Gasteiger partial charge in [-0.15, -0.1) is 0 Å². The number of aliphatic hydroxyl groups is 4. The van der Waals surface area contributed by atoms with Crippen molar-refractivity contribution in [3.05, 3.63) is 11.5 Å². The highest BCUT2D eigenvalue weighted by Gasteiger charge is 2.38. The van der Waals surface area contributed by atoms with Crippen LogP contribution in [0, 0.1) is 0 Å². The molecular formula is C6H8O6. The van der Waals surface area contributed by atoms with E-state index in [-0.39, 0.29) is 0 Å². The number of carbonyl (C=O) groups excluding carboxylic acids is 1. The number of aliphatic hydroxyl groups excluding tert-OH is 4. The summed E-state index contributed by atoms with van der Waals surface area (Å²) in [5, 5.41) is 35.0. The second-order valence-corrected chi connectivity index (χ2v) is 2.31. The molecule has 0 saturated carbocycles. The average Bonchev–Trinajstić information content (AvgIpc) is 2.32. The third kappa shape index (κ3) is 1.21. The highest BCUT2D eigenvalue weighted by molar-refractivity contribution is 5.89. The number of hydrogen-bond donors (Lipinski definition) is 4. The van der Waals surface area contributed by atoms with Crippen LogP contribution in [0.4, 0.5) is 0 Å². The zero-order valence-corrected chi connectivity index (χ0v) is 5.97. The van der Waals surface area contributed by atoms with Gasteiger partial charge in [0.05, 0.1) is 6.61 Å². The Morgan fingerprint density at radius 3 is 2.50 bits per heavy atom. The van der Waals surface area contributed by atoms with Gasteiger partial charge in [0.25, 0.3) is 0 Å². The molecule has 0 aromatic carbocycles. The highest BCUT2D eigenvalue weighted by atomic mass is 18.2. The van der Waals surface area contributed by atoms with Crippen LogP contribution in [-0.2, 0) is 9.53 Å². The molecule has 1 aliphatic heterocycles. The van der Waals surface area contributed by atoms with Crippen molar-refractivity contribution < 1.29 is 30.0 Å². The van der Waals surface area contributed by atoms with Crippen molar-refractivity contribution in [2.45, 2.75) is 12.2 Å². The van der Waals surface area contributed by atoms with Crippen LogP contribution in [0.1, 0.15) is 0 Å². The smallest absolute Gasteiger partial charge is 0.377 e. The van der Waals surface area contributed by atoms with Crippen LogP contribution in [-0.4, -0.2) is 45.2 Å². The van der Waals surface area contributed by atoms with Crippen LogP contribution in [0.25, 0.3) is 0 Å². The fourth-order valence-electron chi connectivity index (χ4n) is 0.823. The minimum absolute atomic E-state index is 0.671. The van der Waals surface area contributed by atoms with Gasteiger partial charge in [0, 0.05) is 0 Å². The fourth-order valence-corrected chi connectivity index (χ4v) is 0.823. The summed E-state index contributed by atoms with van der Waals surface area (Å²) in [6.07, 6.45) is -2.78. The maximum Gasteiger partial charge on any atom is 0.377 e. The molecule has 0 fully saturated rings. The predicted molar refractivity (Wildman–Crippen MR) is 35.3 cm³/mol. The van der Waals surface area contributed by atoms with Gasteiger partial charge in [0.15, 0.2) is 11.9 Å². The molecule has 6 heteroatoms. The van der Waals surface area contributed by atoms with Crippen LogP contribution in [0.3, 0.4) is 0 Å². The van der Waals surface area contributed by atoms with E-state index in [9.17, 15) is 4.79 Å². The molecule has 0 radical (unpaired) electrons. The Bertz CT molecular complexity index is 232. The molecule has 2 atom stereocenters. The van der Waals surface area contributed by atoms with Crippen molar-refractivity contribution in [1.82, 2.24) is 0 Å². The molecule has 1 rings (SSSR count). The monoisotopic (exact) mass is 180 g/mol. The standard InChI is InChI=1S/C6H8O6/c7-1-2(8)5-3(9)4(10)6(11)12-5/h2,5,7-10H,1H2/t2-,5+/m0/s1/i7+2,8+2. The Morgan fingerprint density at radius 2 is 2.17 bits per heavy atom. The van der Waals surface area contributed by atoms with Crippen LogP contribution >= 0.6 is 0 Å². The van der Waals surface area contributed by atoms with Gasteiger partial charge in [0.2, 0.25) is 5.76 Å². The van der Waals surface area contributed by atoms with Crippen molar-refractivity contribution in [2.75, 3.05) is 6.61 Å². The molecule has 68 valence electrons. The molecule has 0 saturated heterocycles. The van der Waals surface area contributed by atoms with Gasteiger partial charge in [-0.2, -0.15) is 0 Å². The zero-order valence-electron chi connectivity index (χ0n) is 5.97. The van der Waals surface area contributed by atoms with E-state index >= 15 is 0 Å². The fraction of sp³-hybridized carbons (Fsp3) is 0.500. The quantitative estimate of drug-likeness (QED) is 0.307. The molecule has 1 aliphatic rings. The van der Waals surface area contributed by atoms with Crippen molar-refractivity contribution >= 4 is 5.97 Å². The summed E-state index contributed by atoms with van der Waals surface area (Å²) in [4.78, 5) is 10.5. The van der Waals surface area contributed by atoms with Crippen molar-refractivity contribution in [2.24, 2.45) is 0 Å². The molecule has 0 aliphatic carbocycles. The lowest BCUT2D eigenvalue weighted by atomic mass is 10.2. The Balaban J connectivity index is 2.80. The maximum atomic E-state index is 10.5. The Kier molecular flexibility index (Phi) is 2.20. The normalized spacial score (nSPS) is 25.8. The first-order chi connectivity index (χ1) is 5.57. The Morgan fingerprint density at radius 1 is 1.58 bits per heavy atom. The third-order valence-corrected chi connectivity index (χ3v) is 1.48. The summed E-state index contributed by atoms with van der Waals surface area (Å²) in [5.74, 6) is -2.78. The van der Waals surface area contributed by atoms with E-state index in [1.807, 2.05) is 0 Å². The Labute approximate surface area is 67.3 Å². The number of ether oxygens (including phenoxy) is 1. The van der Waals surface area contributed by atoms with Crippen LogP contribution in [0.5, 0.6) is 0 Å².